The molecule has 0 saturated carbocycles. The predicted octanol–water partition coefficient (Wildman–Crippen LogP) is 2.25. The number of rotatable bonds is 4. The second kappa shape index (κ2) is 5.65. The smallest absolute Gasteiger partial charge is 0.347 e. The Hall–Kier alpha value is -2.22. The Bertz CT molecular complexity index is 704. The third-order valence-corrected chi connectivity index (χ3v) is 4.16. The van der Waals surface area contributed by atoms with Gasteiger partial charge in [-0.3, -0.25) is 4.79 Å². The summed E-state index contributed by atoms with van der Waals surface area (Å²) in [5, 5.41) is 12.3. The molecule has 0 aliphatic heterocycles. The van der Waals surface area contributed by atoms with Gasteiger partial charge in [0.2, 0.25) is 5.76 Å². The van der Waals surface area contributed by atoms with E-state index in [0.717, 1.165) is 11.3 Å². The van der Waals surface area contributed by atoms with E-state index >= 15 is 0 Å². The molecule has 8 heteroatoms. The van der Waals surface area contributed by atoms with Crippen molar-refractivity contribution in [2.45, 2.75) is 33.7 Å². The number of nitrogens with one attached hydrogen (secondary N) is 1. The molecule has 21 heavy (non-hydrogen) atoms. The predicted molar refractivity (Wildman–Crippen MR) is 75.7 cm³/mol. The monoisotopic (exact) mass is 309 g/mol. The fourth-order valence-corrected chi connectivity index (χ4v) is 2.77. The maximum Gasteiger partial charge on any atom is 0.347 e. The average Bonchev–Trinajstić information content (AvgIpc) is 2.92. The molecule has 2 heterocycles. The second-order valence-corrected chi connectivity index (χ2v) is 5.65. The lowest BCUT2D eigenvalue weighted by Gasteiger charge is -2.09. The standard InChI is InChI=1S/C13H15N3O4S/c1-5-9(20-8(4)14-5)11(17)15-7(3)12-16-6(2)10(21-12)13(18)19/h7H,1-4H3,(H,15,17)(H,18,19). The van der Waals surface area contributed by atoms with Crippen LogP contribution >= 0.6 is 11.3 Å². The molecule has 2 aromatic heterocycles. The van der Waals surface area contributed by atoms with Gasteiger partial charge in [0.05, 0.1) is 17.4 Å². The molecule has 0 aromatic carbocycles. The summed E-state index contributed by atoms with van der Waals surface area (Å²) in [7, 11) is 0. The van der Waals surface area contributed by atoms with Crippen molar-refractivity contribution >= 4 is 23.2 Å². The minimum Gasteiger partial charge on any atom is -0.477 e. The molecule has 0 fully saturated rings. The van der Waals surface area contributed by atoms with Gasteiger partial charge < -0.3 is 14.8 Å². The van der Waals surface area contributed by atoms with Crippen LogP contribution in [0.15, 0.2) is 4.42 Å². The number of aryl methyl sites for hydroxylation is 3. The van der Waals surface area contributed by atoms with Gasteiger partial charge in [-0.2, -0.15) is 0 Å². The molecule has 2 aromatic rings. The summed E-state index contributed by atoms with van der Waals surface area (Å²) in [5.41, 5.74) is 0.953. The largest absolute Gasteiger partial charge is 0.477 e. The Labute approximate surface area is 125 Å². The van der Waals surface area contributed by atoms with Crippen LogP contribution in [0.4, 0.5) is 0 Å². The van der Waals surface area contributed by atoms with Crippen molar-refractivity contribution in [2.75, 3.05) is 0 Å². The van der Waals surface area contributed by atoms with Gasteiger partial charge in [-0.15, -0.1) is 11.3 Å². The SMILES string of the molecule is Cc1nc(C)c(C(=O)NC(C)c2nc(C)c(C(=O)O)s2)o1. The van der Waals surface area contributed by atoms with Gasteiger partial charge in [0, 0.05) is 6.92 Å². The van der Waals surface area contributed by atoms with E-state index in [4.69, 9.17) is 9.52 Å². The van der Waals surface area contributed by atoms with E-state index in [1.54, 1.807) is 27.7 Å². The van der Waals surface area contributed by atoms with E-state index in [1.165, 1.54) is 0 Å². The van der Waals surface area contributed by atoms with Crippen molar-refractivity contribution in [3.63, 3.8) is 0 Å². The zero-order valence-electron chi connectivity index (χ0n) is 12.1. The van der Waals surface area contributed by atoms with Crippen LogP contribution in [0.2, 0.25) is 0 Å². The highest BCUT2D eigenvalue weighted by molar-refractivity contribution is 7.13. The van der Waals surface area contributed by atoms with E-state index in [0.29, 0.717) is 22.3 Å². The molecule has 1 amide bonds. The Morgan fingerprint density at radius 1 is 1.24 bits per heavy atom. The lowest BCUT2D eigenvalue weighted by atomic mass is 10.3. The molecule has 0 saturated heterocycles. The zero-order chi connectivity index (χ0) is 15.7. The first-order chi connectivity index (χ1) is 9.79. The summed E-state index contributed by atoms with van der Waals surface area (Å²) in [5.74, 6) is -0.837. The van der Waals surface area contributed by atoms with E-state index in [2.05, 4.69) is 15.3 Å². The third kappa shape index (κ3) is 3.10. The molecule has 1 atom stereocenters. The Kier molecular flexibility index (Phi) is 4.08. The van der Waals surface area contributed by atoms with E-state index in [1.807, 2.05) is 0 Å². The van der Waals surface area contributed by atoms with Gasteiger partial charge in [0.25, 0.3) is 5.91 Å². The molecule has 7 nitrogen and oxygen atoms in total. The van der Waals surface area contributed by atoms with E-state index < -0.39 is 17.9 Å². The first kappa shape index (κ1) is 15.2. The number of carbonyl (C=O) groups is 2. The number of aromatic carboxylic acids is 1. The number of oxazole rings is 1. The van der Waals surface area contributed by atoms with Crippen LogP contribution in [0, 0.1) is 20.8 Å². The van der Waals surface area contributed by atoms with E-state index in [9.17, 15) is 9.59 Å². The molecule has 1 unspecified atom stereocenters. The van der Waals surface area contributed by atoms with Crippen LogP contribution in [0.25, 0.3) is 0 Å². The summed E-state index contributed by atoms with van der Waals surface area (Å²) >= 11 is 1.05. The highest BCUT2D eigenvalue weighted by atomic mass is 32.1. The molecular formula is C13H15N3O4S. The maximum atomic E-state index is 12.1. The van der Waals surface area contributed by atoms with Crippen molar-refractivity contribution in [1.29, 1.82) is 0 Å². The number of hydrogen-bond acceptors (Lipinski definition) is 6. The van der Waals surface area contributed by atoms with Crippen LogP contribution in [0.1, 0.15) is 55.5 Å². The summed E-state index contributed by atoms with van der Waals surface area (Å²) in [6.07, 6.45) is 0. The van der Waals surface area contributed by atoms with Gasteiger partial charge in [0.1, 0.15) is 9.88 Å². The quantitative estimate of drug-likeness (QED) is 0.897. The fourth-order valence-electron chi connectivity index (χ4n) is 1.87. The van der Waals surface area contributed by atoms with Crippen LogP contribution in [0.5, 0.6) is 0 Å². The Balaban J connectivity index is 2.16. The number of carbonyl (C=O) groups excluding carboxylic acids is 1. The first-order valence-corrected chi connectivity index (χ1v) is 7.06. The van der Waals surface area contributed by atoms with Gasteiger partial charge in [-0.05, 0) is 20.8 Å². The number of carboxylic acids is 1. The molecule has 0 bridgehead atoms. The van der Waals surface area contributed by atoms with Crippen molar-refractivity contribution in [1.82, 2.24) is 15.3 Å². The van der Waals surface area contributed by atoms with Crippen molar-refractivity contribution in [3.8, 4) is 0 Å². The first-order valence-electron chi connectivity index (χ1n) is 6.25. The van der Waals surface area contributed by atoms with Crippen molar-refractivity contribution in [2.24, 2.45) is 0 Å². The average molecular weight is 309 g/mol. The molecule has 0 aliphatic carbocycles. The number of nitrogens with zero attached hydrogens (tertiary/aromatic N) is 2. The highest BCUT2D eigenvalue weighted by Crippen LogP contribution is 2.24. The number of carboxylic acid groups (broad SMARTS) is 1. The molecule has 2 rings (SSSR count). The second-order valence-electron chi connectivity index (χ2n) is 4.61. The lowest BCUT2D eigenvalue weighted by Crippen LogP contribution is -2.26. The highest BCUT2D eigenvalue weighted by Gasteiger charge is 2.22. The van der Waals surface area contributed by atoms with Crippen molar-refractivity contribution < 1.29 is 19.1 Å². The third-order valence-electron chi connectivity index (χ3n) is 2.84. The Morgan fingerprint density at radius 3 is 2.38 bits per heavy atom. The van der Waals surface area contributed by atoms with Crippen molar-refractivity contribution in [3.05, 3.63) is 32.9 Å². The minimum atomic E-state index is -1.02. The summed E-state index contributed by atoms with van der Waals surface area (Å²) in [4.78, 5) is 31.5. The molecular weight excluding hydrogens is 294 g/mol. The lowest BCUT2D eigenvalue weighted by molar-refractivity contribution is 0.0700. The van der Waals surface area contributed by atoms with Gasteiger partial charge in [0.15, 0.2) is 5.89 Å². The number of thiazole rings is 1. The van der Waals surface area contributed by atoms with Gasteiger partial charge in [-0.25, -0.2) is 14.8 Å². The summed E-state index contributed by atoms with van der Waals surface area (Å²) in [6.45, 7) is 6.71. The summed E-state index contributed by atoms with van der Waals surface area (Å²) < 4.78 is 5.25. The van der Waals surface area contributed by atoms with Crippen LogP contribution in [-0.4, -0.2) is 27.0 Å². The molecule has 2 N–H and O–H groups in total. The number of amides is 1. The molecule has 0 radical (unpaired) electrons. The molecule has 0 aliphatic rings. The maximum absolute atomic E-state index is 12.1. The zero-order valence-corrected chi connectivity index (χ0v) is 12.9. The summed E-state index contributed by atoms with van der Waals surface area (Å²) in [6, 6.07) is -0.417. The fraction of sp³-hybridized carbons (Fsp3) is 0.385. The van der Waals surface area contributed by atoms with E-state index in [-0.39, 0.29) is 10.6 Å². The molecule has 112 valence electrons. The van der Waals surface area contributed by atoms with Crippen LogP contribution in [-0.2, 0) is 0 Å². The molecule has 0 spiro atoms. The van der Waals surface area contributed by atoms with Gasteiger partial charge in [-0.1, -0.05) is 0 Å². The number of aromatic nitrogens is 2. The Morgan fingerprint density at radius 2 is 1.90 bits per heavy atom. The van der Waals surface area contributed by atoms with Gasteiger partial charge >= 0.3 is 5.97 Å². The normalized spacial score (nSPS) is 12.2. The topological polar surface area (TPSA) is 105 Å². The van der Waals surface area contributed by atoms with Crippen LogP contribution < -0.4 is 5.32 Å². The minimum absolute atomic E-state index is 0.158. The number of hydrogen-bond donors (Lipinski definition) is 2. The van der Waals surface area contributed by atoms with Crippen LogP contribution in [0.3, 0.4) is 0 Å².